The average Bonchev–Trinajstić information content (AvgIpc) is 2.26. The predicted octanol–water partition coefficient (Wildman–Crippen LogP) is 1.74. The van der Waals surface area contributed by atoms with Crippen molar-refractivity contribution in [3.8, 4) is 5.75 Å². The number of rotatable bonds is 3. The molecular formula is C14H22N2O2. The Hall–Kier alpha value is -1.55. The molecule has 1 amide bonds. The summed E-state index contributed by atoms with van der Waals surface area (Å²) in [5, 5.41) is 12.1. The highest BCUT2D eigenvalue weighted by atomic mass is 16.3. The minimum absolute atomic E-state index is 0.104. The molecule has 0 aliphatic heterocycles. The van der Waals surface area contributed by atoms with Gasteiger partial charge in [-0.15, -0.1) is 0 Å². The zero-order valence-corrected chi connectivity index (χ0v) is 11.4. The van der Waals surface area contributed by atoms with Crippen LogP contribution in [0.3, 0.4) is 0 Å². The van der Waals surface area contributed by atoms with Crippen molar-refractivity contribution in [2.45, 2.75) is 45.2 Å². The van der Waals surface area contributed by atoms with Gasteiger partial charge in [-0.3, -0.25) is 4.79 Å². The second-order valence-corrected chi connectivity index (χ2v) is 5.65. The van der Waals surface area contributed by atoms with Crippen LogP contribution in [0, 0.1) is 0 Å². The van der Waals surface area contributed by atoms with Crippen molar-refractivity contribution in [2.24, 2.45) is 5.73 Å². The number of nitrogens with one attached hydrogen (secondary N) is 1. The number of phenols is 1. The molecule has 0 aromatic heterocycles. The van der Waals surface area contributed by atoms with E-state index in [9.17, 15) is 9.90 Å². The fraction of sp³-hybridized carbons (Fsp3) is 0.500. The molecule has 1 aromatic carbocycles. The van der Waals surface area contributed by atoms with Crippen molar-refractivity contribution in [2.75, 3.05) is 0 Å². The van der Waals surface area contributed by atoms with Crippen molar-refractivity contribution < 1.29 is 9.90 Å². The Morgan fingerprint density at radius 2 is 1.78 bits per heavy atom. The first kappa shape index (κ1) is 14.5. The van der Waals surface area contributed by atoms with E-state index in [1.54, 1.807) is 24.3 Å². The number of benzene rings is 1. The van der Waals surface area contributed by atoms with Gasteiger partial charge in [0.25, 0.3) is 0 Å². The topological polar surface area (TPSA) is 75.3 Å². The van der Waals surface area contributed by atoms with Gasteiger partial charge in [0.05, 0.1) is 6.04 Å². The minimum Gasteiger partial charge on any atom is -0.508 e. The highest BCUT2D eigenvalue weighted by Gasteiger charge is 2.25. The van der Waals surface area contributed by atoms with Crippen molar-refractivity contribution in [1.29, 1.82) is 0 Å². The van der Waals surface area contributed by atoms with Gasteiger partial charge in [-0.2, -0.15) is 0 Å². The van der Waals surface area contributed by atoms with Crippen molar-refractivity contribution in [3.63, 3.8) is 0 Å². The first-order valence-electron chi connectivity index (χ1n) is 6.07. The molecule has 0 radical (unpaired) electrons. The van der Waals surface area contributed by atoms with E-state index in [-0.39, 0.29) is 23.1 Å². The maximum Gasteiger partial charge on any atom is 0.237 e. The SMILES string of the molecule is C[C@@H](c1ccc(O)cc1)[C@H](N)C(=O)NC(C)(C)C. The van der Waals surface area contributed by atoms with Gasteiger partial charge in [0.1, 0.15) is 5.75 Å². The maximum absolute atomic E-state index is 12.0. The lowest BCUT2D eigenvalue weighted by atomic mass is 9.92. The summed E-state index contributed by atoms with van der Waals surface area (Å²) in [5.41, 5.74) is 6.61. The molecule has 0 unspecified atom stereocenters. The van der Waals surface area contributed by atoms with Crippen LogP contribution in [0.15, 0.2) is 24.3 Å². The van der Waals surface area contributed by atoms with Crippen molar-refractivity contribution in [1.82, 2.24) is 5.32 Å². The normalized spacial score (nSPS) is 14.9. The summed E-state index contributed by atoms with van der Waals surface area (Å²) in [6.45, 7) is 7.66. The quantitative estimate of drug-likeness (QED) is 0.765. The molecular weight excluding hydrogens is 228 g/mol. The van der Waals surface area contributed by atoms with Gasteiger partial charge in [0.15, 0.2) is 0 Å². The third-order valence-electron chi connectivity index (χ3n) is 2.76. The Morgan fingerprint density at radius 1 is 1.28 bits per heavy atom. The third kappa shape index (κ3) is 4.04. The molecule has 0 aliphatic rings. The van der Waals surface area contributed by atoms with Crippen LogP contribution in [-0.4, -0.2) is 22.6 Å². The summed E-state index contributed by atoms with van der Waals surface area (Å²) in [4.78, 5) is 12.0. The molecule has 0 saturated carbocycles. The lowest BCUT2D eigenvalue weighted by Gasteiger charge is -2.26. The Bertz CT molecular complexity index is 407. The third-order valence-corrected chi connectivity index (χ3v) is 2.76. The number of aromatic hydroxyl groups is 1. The molecule has 1 rings (SSSR count). The Kier molecular flexibility index (Phi) is 4.35. The van der Waals surface area contributed by atoms with Gasteiger partial charge in [-0.25, -0.2) is 0 Å². The average molecular weight is 250 g/mol. The summed E-state index contributed by atoms with van der Waals surface area (Å²) in [7, 11) is 0. The zero-order chi connectivity index (χ0) is 13.9. The lowest BCUT2D eigenvalue weighted by molar-refractivity contribution is -0.124. The molecule has 0 fully saturated rings. The van der Waals surface area contributed by atoms with Crippen LogP contribution in [-0.2, 0) is 4.79 Å². The van der Waals surface area contributed by atoms with Crippen molar-refractivity contribution >= 4 is 5.91 Å². The molecule has 2 atom stereocenters. The number of carbonyl (C=O) groups excluding carboxylic acids is 1. The van der Waals surface area contributed by atoms with Crippen LogP contribution in [0.4, 0.5) is 0 Å². The fourth-order valence-electron chi connectivity index (χ4n) is 1.67. The number of amides is 1. The molecule has 1 aromatic rings. The van der Waals surface area contributed by atoms with E-state index in [1.807, 2.05) is 27.7 Å². The van der Waals surface area contributed by atoms with E-state index in [2.05, 4.69) is 5.32 Å². The van der Waals surface area contributed by atoms with Gasteiger partial charge in [-0.1, -0.05) is 19.1 Å². The molecule has 100 valence electrons. The highest BCUT2D eigenvalue weighted by molar-refractivity contribution is 5.83. The van der Waals surface area contributed by atoms with E-state index in [0.29, 0.717) is 0 Å². The molecule has 0 spiro atoms. The molecule has 4 heteroatoms. The van der Waals surface area contributed by atoms with Crippen molar-refractivity contribution in [3.05, 3.63) is 29.8 Å². The lowest BCUT2D eigenvalue weighted by Crippen LogP contribution is -2.50. The van der Waals surface area contributed by atoms with Crippen LogP contribution in [0.25, 0.3) is 0 Å². The van der Waals surface area contributed by atoms with Gasteiger partial charge < -0.3 is 16.2 Å². The first-order valence-corrected chi connectivity index (χ1v) is 6.07. The monoisotopic (exact) mass is 250 g/mol. The van der Waals surface area contributed by atoms with Crippen LogP contribution in [0.5, 0.6) is 5.75 Å². The van der Waals surface area contributed by atoms with Gasteiger partial charge in [0.2, 0.25) is 5.91 Å². The van der Waals surface area contributed by atoms with Gasteiger partial charge in [-0.05, 0) is 38.5 Å². The second-order valence-electron chi connectivity index (χ2n) is 5.65. The Balaban J connectivity index is 2.74. The molecule has 0 heterocycles. The standard InChI is InChI=1S/C14H22N2O2/c1-9(10-5-7-11(17)8-6-10)12(15)13(18)16-14(2,3)4/h5-9,12,17H,15H2,1-4H3,(H,16,18)/t9-,12-/m0/s1. The van der Waals surface area contributed by atoms with E-state index < -0.39 is 6.04 Å². The molecule has 0 saturated heterocycles. The van der Waals surface area contributed by atoms with E-state index in [1.165, 1.54) is 0 Å². The molecule has 4 nitrogen and oxygen atoms in total. The molecule has 0 aliphatic carbocycles. The van der Waals surface area contributed by atoms with E-state index >= 15 is 0 Å². The van der Waals surface area contributed by atoms with Gasteiger partial charge >= 0.3 is 0 Å². The summed E-state index contributed by atoms with van der Waals surface area (Å²) < 4.78 is 0. The highest BCUT2D eigenvalue weighted by Crippen LogP contribution is 2.21. The molecule has 18 heavy (non-hydrogen) atoms. The second kappa shape index (κ2) is 5.40. The first-order chi connectivity index (χ1) is 8.20. The Morgan fingerprint density at radius 3 is 2.22 bits per heavy atom. The van der Waals surface area contributed by atoms with Crippen LogP contribution < -0.4 is 11.1 Å². The van der Waals surface area contributed by atoms with Crippen LogP contribution in [0.2, 0.25) is 0 Å². The largest absolute Gasteiger partial charge is 0.508 e. The van der Waals surface area contributed by atoms with Crippen LogP contribution >= 0.6 is 0 Å². The van der Waals surface area contributed by atoms with Gasteiger partial charge in [0, 0.05) is 11.5 Å². The van der Waals surface area contributed by atoms with Crippen LogP contribution in [0.1, 0.15) is 39.2 Å². The number of nitrogens with two attached hydrogens (primary N) is 1. The Labute approximate surface area is 108 Å². The maximum atomic E-state index is 12.0. The number of carbonyl (C=O) groups is 1. The number of hydrogen-bond donors (Lipinski definition) is 3. The summed E-state index contributed by atoms with van der Waals surface area (Å²) >= 11 is 0. The fourth-order valence-corrected chi connectivity index (χ4v) is 1.67. The van der Waals surface area contributed by atoms with E-state index in [0.717, 1.165) is 5.56 Å². The number of phenolic OH excluding ortho intramolecular Hbond substituents is 1. The summed E-state index contributed by atoms with van der Waals surface area (Å²) in [5.74, 6) is -0.0605. The minimum atomic E-state index is -0.603. The molecule has 4 N–H and O–H groups in total. The smallest absolute Gasteiger partial charge is 0.237 e. The summed E-state index contributed by atoms with van der Waals surface area (Å²) in [6.07, 6.45) is 0. The zero-order valence-electron chi connectivity index (χ0n) is 11.4. The molecule has 0 bridgehead atoms. The number of hydrogen-bond acceptors (Lipinski definition) is 3. The predicted molar refractivity (Wildman–Crippen MR) is 72.4 cm³/mol. The summed E-state index contributed by atoms with van der Waals surface area (Å²) in [6, 6.07) is 6.16. The van der Waals surface area contributed by atoms with E-state index in [4.69, 9.17) is 5.73 Å².